The van der Waals surface area contributed by atoms with E-state index in [4.69, 9.17) is 11.6 Å². The summed E-state index contributed by atoms with van der Waals surface area (Å²) in [7, 11) is 0. The van der Waals surface area contributed by atoms with Crippen LogP contribution in [0.5, 0.6) is 0 Å². The fourth-order valence-corrected chi connectivity index (χ4v) is 3.76. The fourth-order valence-electron chi connectivity index (χ4n) is 3.58. The molecule has 0 radical (unpaired) electrons. The van der Waals surface area contributed by atoms with Crippen molar-refractivity contribution in [3.05, 3.63) is 80.7 Å². The molecule has 1 aliphatic carbocycles. The fraction of sp³-hybridized carbons (Fsp3) is 0.273. The van der Waals surface area contributed by atoms with Crippen molar-refractivity contribution >= 4 is 17.2 Å². The van der Waals surface area contributed by atoms with E-state index < -0.39 is 5.54 Å². The number of fused-ring (bicyclic) bond motifs is 1. The van der Waals surface area contributed by atoms with Gasteiger partial charge in [-0.15, -0.1) is 4.91 Å². The Hall–Kier alpha value is -2.19. The summed E-state index contributed by atoms with van der Waals surface area (Å²) in [6, 6.07) is 12.0. The Bertz CT molecular complexity index is 906. The summed E-state index contributed by atoms with van der Waals surface area (Å²) in [5, 5.41) is 4.01. The normalized spacial score (nSPS) is 14.3. The van der Waals surface area contributed by atoms with Gasteiger partial charge in [0, 0.05) is 5.02 Å². The number of allylic oxidation sites excluding steroid dienone is 4. The molecule has 0 aromatic heterocycles. The van der Waals surface area contributed by atoms with E-state index >= 15 is 0 Å². The standard InChI is InChI=1S/C22H22ClNO/c1-5-7-15-12-19-17(14(15)2)8-6-9-18(19)20-13-16(23)10-11-21(20)22(3,4)24-25/h5-11,13H,12H2,1-4H3/b7-5-. The summed E-state index contributed by atoms with van der Waals surface area (Å²) in [6.45, 7) is 7.88. The molecule has 0 bridgehead atoms. The van der Waals surface area contributed by atoms with E-state index in [0.29, 0.717) is 5.02 Å². The van der Waals surface area contributed by atoms with Gasteiger partial charge in [-0.05, 0) is 85.2 Å². The molecule has 0 saturated heterocycles. The van der Waals surface area contributed by atoms with Crippen LogP contribution in [0.3, 0.4) is 0 Å². The molecule has 0 saturated carbocycles. The molecule has 0 unspecified atom stereocenters. The molecule has 3 heteroatoms. The number of rotatable bonds is 4. The Morgan fingerprint density at radius 2 is 1.84 bits per heavy atom. The third-order valence-corrected chi connectivity index (χ3v) is 5.19. The summed E-state index contributed by atoms with van der Waals surface area (Å²) in [6.07, 6.45) is 5.14. The molecule has 3 rings (SSSR count). The van der Waals surface area contributed by atoms with Crippen LogP contribution in [-0.4, -0.2) is 0 Å². The first-order valence-corrected chi connectivity index (χ1v) is 8.86. The lowest BCUT2D eigenvalue weighted by Crippen LogP contribution is -2.14. The quantitative estimate of drug-likeness (QED) is 0.550. The first-order chi connectivity index (χ1) is 11.9. The van der Waals surface area contributed by atoms with Crippen LogP contribution in [0.2, 0.25) is 5.02 Å². The summed E-state index contributed by atoms with van der Waals surface area (Å²) in [5.74, 6) is 0. The minimum Gasteiger partial charge on any atom is -0.150 e. The average molecular weight is 352 g/mol. The van der Waals surface area contributed by atoms with Crippen LogP contribution in [0.15, 0.2) is 59.3 Å². The lowest BCUT2D eigenvalue weighted by molar-refractivity contribution is 0.554. The molecule has 0 amide bonds. The van der Waals surface area contributed by atoms with Crippen LogP contribution in [-0.2, 0) is 12.0 Å². The van der Waals surface area contributed by atoms with Crippen molar-refractivity contribution in [3.63, 3.8) is 0 Å². The molecular weight excluding hydrogens is 330 g/mol. The van der Waals surface area contributed by atoms with Gasteiger partial charge in [0.1, 0.15) is 5.54 Å². The first kappa shape index (κ1) is 17.6. The highest BCUT2D eigenvalue weighted by Gasteiger charge is 2.28. The topological polar surface area (TPSA) is 29.4 Å². The van der Waals surface area contributed by atoms with Crippen LogP contribution < -0.4 is 0 Å². The van der Waals surface area contributed by atoms with E-state index in [1.165, 1.54) is 22.3 Å². The third-order valence-electron chi connectivity index (χ3n) is 4.96. The lowest BCUT2D eigenvalue weighted by Gasteiger charge is -2.22. The maximum absolute atomic E-state index is 11.4. The van der Waals surface area contributed by atoms with Crippen LogP contribution in [0.4, 0.5) is 0 Å². The Balaban J connectivity index is 2.23. The van der Waals surface area contributed by atoms with E-state index in [1.54, 1.807) is 0 Å². The van der Waals surface area contributed by atoms with Crippen LogP contribution >= 0.6 is 11.6 Å². The molecule has 0 N–H and O–H groups in total. The van der Waals surface area contributed by atoms with Gasteiger partial charge in [-0.25, -0.2) is 0 Å². The molecule has 0 spiro atoms. The Morgan fingerprint density at radius 3 is 2.52 bits per heavy atom. The van der Waals surface area contributed by atoms with Crippen molar-refractivity contribution in [1.82, 2.24) is 0 Å². The number of hydrogen-bond acceptors (Lipinski definition) is 2. The van der Waals surface area contributed by atoms with Gasteiger partial charge in [0.2, 0.25) is 0 Å². The maximum atomic E-state index is 11.4. The highest BCUT2D eigenvalue weighted by molar-refractivity contribution is 6.31. The zero-order chi connectivity index (χ0) is 18.2. The summed E-state index contributed by atoms with van der Waals surface area (Å²) in [5.41, 5.74) is 7.42. The van der Waals surface area contributed by atoms with Gasteiger partial charge < -0.3 is 0 Å². The van der Waals surface area contributed by atoms with Crippen molar-refractivity contribution in [2.45, 2.75) is 39.7 Å². The van der Waals surface area contributed by atoms with Crippen molar-refractivity contribution in [1.29, 1.82) is 0 Å². The van der Waals surface area contributed by atoms with E-state index in [9.17, 15) is 4.91 Å². The molecule has 0 fully saturated rings. The Labute approximate surface area is 154 Å². The van der Waals surface area contributed by atoms with Gasteiger partial charge in [-0.1, -0.05) is 53.2 Å². The summed E-state index contributed by atoms with van der Waals surface area (Å²) < 4.78 is 0. The van der Waals surface area contributed by atoms with Gasteiger partial charge in [-0.3, -0.25) is 0 Å². The molecule has 0 aliphatic heterocycles. The predicted molar refractivity (Wildman–Crippen MR) is 107 cm³/mol. The number of nitroso groups, excluding NO2 is 1. The second-order valence-corrected chi connectivity index (χ2v) is 7.44. The SMILES string of the molecule is C/C=C\C1=C(C)c2cccc(-c3cc(Cl)ccc3C(C)(C)N=O)c2C1. The molecule has 1 aliphatic rings. The van der Waals surface area contributed by atoms with Crippen molar-refractivity contribution in [2.24, 2.45) is 5.18 Å². The Morgan fingerprint density at radius 1 is 1.12 bits per heavy atom. The van der Waals surface area contributed by atoms with Crippen LogP contribution in [0.1, 0.15) is 44.4 Å². The monoisotopic (exact) mass is 351 g/mol. The zero-order valence-corrected chi connectivity index (χ0v) is 15.8. The molecule has 0 atom stereocenters. The summed E-state index contributed by atoms with van der Waals surface area (Å²) >= 11 is 6.29. The maximum Gasteiger partial charge on any atom is 0.122 e. The van der Waals surface area contributed by atoms with Crippen molar-refractivity contribution in [3.8, 4) is 11.1 Å². The number of benzene rings is 2. The number of halogens is 1. The smallest absolute Gasteiger partial charge is 0.122 e. The van der Waals surface area contributed by atoms with Gasteiger partial charge in [0.05, 0.1) is 0 Å². The minimum absolute atomic E-state index is 0.661. The van der Waals surface area contributed by atoms with Crippen LogP contribution in [0, 0.1) is 4.91 Å². The largest absolute Gasteiger partial charge is 0.150 e. The van der Waals surface area contributed by atoms with E-state index in [0.717, 1.165) is 23.1 Å². The van der Waals surface area contributed by atoms with Gasteiger partial charge >= 0.3 is 0 Å². The molecule has 0 heterocycles. The molecule has 2 aromatic carbocycles. The molecule has 2 nitrogen and oxygen atoms in total. The van der Waals surface area contributed by atoms with E-state index in [1.807, 2.05) is 39.0 Å². The van der Waals surface area contributed by atoms with Gasteiger partial charge in [-0.2, -0.15) is 0 Å². The number of nitrogens with zero attached hydrogens (tertiary/aromatic N) is 1. The number of hydrogen-bond donors (Lipinski definition) is 0. The summed E-state index contributed by atoms with van der Waals surface area (Å²) in [4.78, 5) is 11.4. The van der Waals surface area contributed by atoms with E-state index in [2.05, 4.69) is 42.5 Å². The van der Waals surface area contributed by atoms with E-state index in [-0.39, 0.29) is 0 Å². The molecular formula is C22H22ClNO. The van der Waals surface area contributed by atoms with Crippen LogP contribution in [0.25, 0.3) is 16.7 Å². The van der Waals surface area contributed by atoms with Gasteiger partial charge in [0.25, 0.3) is 0 Å². The molecule has 25 heavy (non-hydrogen) atoms. The molecule has 2 aromatic rings. The predicted octanol–water partition coefficient (Wildman–Crippen LogP) is 6.91. The Kier molecular flexibility index (Phi) is 4.66. The van der Waals surface area contributed by atoms with Crippen molar-refractivity contribution < 1.29 is 0 Å². The zero-order valence-electron chi connectivity index (χ0n) is 15.1. The highest BCUT2D eigenvalue weighted by atomic mass is 35.5. The minimum atomic E-state index is -0.810. The average Bonchev–Trinajstić information content (AvgIpc) is 2.91. The lowest BCUT2D eigenvalue weighted by atomic mass is 9.85. The van der Waals surface area contributed by atoms with Crippen molar-refractivity contribution in [2.75, 3.05) is 0 Å². The highest BCUT2D eigenvalue weighted by Crippen LogP contribution is 2.43. The first-order valence-electron chi connectivity index (χ1n) is 8.48. The van der Waals surface area contributed by atoms with Gasteiger partial charge in [0.15, 0.2) is 0 Å². The second-order valence-electron chi connectivity index (χ2n) is 7.00. The second kappa shape index (κ2) is 6.61. The third kappa shape index (κ3) is 3.07. The molecule has 128 valence electrons.